The van der Waals surface area contributed by atoms with Crippen LogP contribution < -0.4 is 0 Å². The number of phenolic OH excluding ortho intramolecular Hbond substituents is 1. The van der Waals surface area contributed by atoms with Crippen LogP contribution in [0.4, 0.5) is 13.2 Å². The first-order valence-corrected chi connectivity index (χ1v) is 6.97. The molecular weight excluding hydrogens is 301 g/mol. The zero-order chi connectivity index (χ0) is 15.5. The van der Waals surface area contributed by atoms with Crippen LogP contribution in [0.2, 0.25) is 0 Å². The summed E-state index contributed by atoms with van der Waals surface area (Å²) in [6.07, 6.45) is -0.558. The highest BCUT2D eigenvalue weighted by Gasteiger charge is 2.29. The Hall–Kier alpha value is -1.66. The van der Waals surface area contributed by atoms with Gasteiger partial charge in [0.15, 0.2) is 0 Å². The molecule has 1 atom stereocenters. The molecule has 2 aromatic rings. The summed E-state index contributed by atoms with van der Waals surface area (Å²) in [7, 11) is 0. The average molecular weight is 314 g/mol. The first-order chi connectivity index (χ1) is 9.83. The maximum absolute atomic E-state index is 12.2. The molecule has 0 amide bonds. The van der Waals surface area contributed by atoms with Crippen LogP contribution in [0.15, 0.2) is 53.4 Å². The number of aromatic hydroxyl groups is 1. The van der Waals surface area contributed by atoms with Crippen molar-refractivity contribution in [1.82, 2.24) is 0 Å². The summed E-state index contributed by atoms with van der Waals surface area (Å²) >= 11 is -0.188. The van der Waals surface area contributed by atoms with Crippen LogP contribution in [0.25, 0.3) is 0 Å². The lowest BCUT2D eigenvalue weighted by Crippen LogP contribution is -2.02. The Morgan fingerprint density at radius 2 is 1.71 bits per heavy atom. The number of aliphatic hydroxyl groups excluding tert-OH is 1. The minimum Gasteiger partial charge on any atom is -0.508 e. The van der Waals surface area contributed by atoms with Crippen molar-refractivity contribution in [2.24, 2.45) is 0 Å². The van der Waals surface area contributed by atoms with Gasteiger partial charge in [0.25, 0.3) is 0 Å². The van der Waals surface area contributed by atoms with E-state index in [0.29, 0.717) is 5.56 Å². The van der Waals surface area contributed by atoms with Gasteiger partial charge in [0.05, 0.1) is 6.10 Å². The van der Waals surface area contributed by atoms with Crippen LogP contribution >= 0.6 is 11.8 Å². The zero-order valence-electron chi connectivity index (χ0n) is 10.8. The van der Waals surface area contributed by atoms with Gasteiger partial charge in [-0.25, -0.2) is 0 Å². The third kappa shape index (κ3) is 4.99. The Kier molecular flexibility index (Phi) is 4.80. The highest BCUT2D eigenvalue weighted by molar-refractivity contribution is 8.00. The van der Waals surface area contributed by atoms with Crippen molar-refractivity contribution in [2.45, 2.75) is 22.9 Å². The molecule has 0 saturated heterocycles. The first-order valence-electron chi connectivity index (χ1n) is 6.15. The van der Waals surface area contributed by atoms with Crippen LogP contribution in [0.1, 0.15) is 17.2 Å². The Labute approximate surface area is 124 Å². The molecule has 0 bridgehead atoms. The SMILES string of the molecule is Oc1cccc(CC(O)c2ccc(SC(F)(F)F)cc2)c1. The number of alkyl halides is 3. The minimum absolute atomic E-state index is 0.0794. The van der Waals surface area contributed by atoms with Crippen molar-refractivity contribution in [2.75, 3.05) is 0 Å². The number of hydrogen-bond acceptors (Lipinski definition) is 3. The van der Waals surface area contributed by atoms with Gasteiger partial charge in [0, 0.05) is 11.3 Å². The molecule has 21 heavy (non-hydrogen) atoms. The predicted octanol–water partition coefficient (Wildman–Crippen LogP) is 4.28. The van der Waals surface area contributed by atoms with E-state index >= 15 is 0 Å². The Morgan fingerprint density at radius 3 is 2.29 bits per heavy atom. The fourth-order valence-electron chi connectivity index (χ4n) is 1.92. The Morgan fingerprint density at radius 1 is 1.05 bits per heavy atom. The standard InChI is InChI=1S/C15H13F3O2S/c16-15(17,18)21-13-6-4-11(5-7-13)14(20)9-10-2-1-3-12(19)8-10/h1-8,14,19-20H,9H2. The topological polar surface area (TPSA) is 40.5 Å². The lowest BCUT2D eigenvalue weighted by Gasteiger charge is -2.12. The van der Waals surface area contributed by atoms with Gasteiger partial charge in [-0.15, -0.1) is 0 Å². The van der Waals surface area contributed by atoms with Gasteiger partial charge in [-0.1, -0.05) is 24.3 Å². The van der Waals surface area contributed by atoms with Gasteiger partial charge in [0.2, 0.25) is 0 Å². The predicted molar refractivity (Wildman–Crippen MR) is 75.1 cm³/mol. The van der Waals surface area contributed by atoms with E-state index in [1.165, 1.54) is 36.4 Å². The normalized spacial score (nSPS) is 13.1. The summed E-state index contributed by atoms with van der Waals surface area (Å²) in [6.45, 7) is 0. The summed E-state index contributed by atoms with van der Waals surface area (Å²) in [4.78, 5) is 0.0794. The third-order valence-corrected chi connectivity index (χ3v) is 3.58. The largest absolute Gasteiger partial charge is 0.508 e. The summed E-state index contributed by atoms with van der Waals surface area (Å²) < 4.78 is 36.6. The van der Waals surface area contributed by atoms with E-state index < -0.39 is 11.6 Å². The molecule has 2 N–H and O–H groups in total. The van der Waals surface area contributed by atoms with Gasteiger partial charge >= 0.3 is 5.51 Å². The van der Waals surface area contributed by atoms with Crippen molar-refractivity contribution in [3.8, 4) is 5.75 Å². The molecule has 2 nitrogen and oxygen atoms in total. The number of thioether (sulfide) groups is 1. The van der Waals surface area contributed by atoms with Gasteiger partial charge in [0.1, 0.15) is 5.75 Å². The van der Waals surface area contributed by atoms with E-state index in [-0.39, 0.29) is 28.8 Å². The molecule has 112 valence electrons. The van der Waals surface area contributed by atoms with Crippen LogP contribution in [0, 0.1) is 0 Å². The summed E-state index contributed by atoms with van der Waals surface area (Å²) in [6, 6.07) is 12.1. The molecule has 0 aliphatic carbocycles. The van der Waals surface area contributed by atoms with E-state index in [1.54, 1.807) is 12.1 Å². The third-order valence-electron chi connectivity index (χ3n) is 2.84. The van der Waals surface area contributed by atoms with E-state index in [0.717, 1.165) is 5.56 Å². The Balaban J connectivity index is 2.04. The molecule has 0 saturated carbocycles. The Bertz CT molecular complexity index is 597. The molecular formula is C15H13F3O2S. The van der Waals surface area contributed by atoms with Gasteiger partial charge in [-0.3, -0.25) is 0 Å². The van der Waals surface area contributed by atoms with Crippen LogP contribution in [-0.2, 0) is 6.42 Å². The molecule has 0 aromatic heterocycles. The van der Waals surface area contributed by atoms with Crippen molar-refractivity contribution < 1.29 is 23.4 Å². The molecule has 6 heteroatoms. The fourth-order valence-corrected chi connectivity index (χ4v) is 2.46. The second-order valence-corrected chi connectivity index (χ2v) is 5.65. The highest BCUT2D eigenvalue weighted by Crippen LogP contribution is 2.37. The monoisotopic (exact) mass is 314 g/mol. The van der Waals surface area contributed by atoms with Crippen molar-refractivity contribution in [3.63, 3.8) is 0 Å². The minimum atomic E-state index is -4.32. The van der Waals surface area contributed by atoms with Gasteiger partial charge in [-0.2, -0.15) is 13.2 Å². The van der Waals surface area contributed by atoms with Gasteiger partial charge in [-0.05, 0) is 47.2 Å². The second kappa shape index (κ2) is 6.41. The zero-order valence-corrected chi connectivity index (χ0v) is 11.7. The molecule has 0 spiro atoms. The maximum atomic E-state index is 12.2. The number of halogens is 3. The lowest BCUT2D eigenvalue weighted by atomic mass is 10.0. The molecule has 2 rings (SSSR count). The van der Waals surface area contributed by atoms with Gasteiger partial charge < -0.3 is 10.2 Å². The number of benzene rings is 2. The van der Waals surface area contributed by atoms with Crippen molar-refractivity contribution in [1.29, 1.82) is 0 Å². The molecule has 2 aromatic carbocycles. The van der Waals surface area contributed by atoms with Crippen LogP contribution in [-0.4, -0.2) is 15.7 Å². The molecule has 1 unspecified atom stereocenters. The highest BCUT2D eigenvalue weighted by atomic mass is 32.2. The molecule has 0 aliphatic rings. The maximum Gasteiger partial charge on any atom is 0.446 e. The number of rotatable bonds is 4. The van der Waals surface area contributed by atoms with Crippen LogP contribution in [0.5, 0.6) is 5.75 Å². The average Bonchev–Trinajstić information content (AvgIpc) is 2.37. The first kappa shape index (κ1) is 15.7. The fraction of sp³-hybridized carbons (Fsp3) is 0.200. The van der Waals surface area contributed by atoms with Crippen molar-refractivity contribution >= 4 is 11.8 Å². The second-order valence-electron chi connectivity index (χ2n) is 4.51. The van der Waals surface area contributed by atoms with E-state index in [1.807, 2.05) is 0 Å². The van der Waals surface area contributed by atoms with E-state index in [9.17, 15) is 23.4 Å². The molecule has 0 fully saturated rings. The number of phenols is 1. The lowest BCUT2D eigenvalue weighted by molar-refractivity contribution is -0.0328. The van der Waals surface area contributed by atoms with Crippen LogP contribution in [0.3, 0.4) is 0 Å². The summed E-state index contributed by atoms with van der Waals surface area (Å²) in [5.41, 5.74) is -3.04. The molecule has 0 heterocycles. The molecule has 0 aliphatic heterocycles. The summed E-state index contributed by atoms with van der Waals surface area (Å²) in [5, 5.41) is 19.4. The molecule has 0 radical (unpaired) electrons. The van der Waals surface area contributed by atoms with E-state index in [2.05, 4.69) is 0 Å². The quantitative estimate of drug-likeness (QED) is 0.828. The number of hydrogen-bond donors (Lipinski definition) is 2. The summed E-state index contributed by atoms with van der Waals surface area (Å²) in [5.74, 6) is 0.108. The smallest absolute Gasteiger partial charge is 0.446 e. The number of aliphatic hydroxyl groups is 1. The van der Waals surface area contributed by atoms with Crippen molar-refractivity contribution in [3.05, 3.63) is 59.7 Å². The van der Waals surface area contributed by atoms with E-state index in [4.69, 9.17) is 0 Å².